The van der Waals surface area contributed by atoms with Crippen molar-refractivity contribution in [2.45, 2.75) is 6.54 Å². The van der Waals surface area contributed by atoms with Crippen LogP contribution in [0.1, 0.15) is 26.3 Å². The topological polar surface area (TPSA) is 171 Å². The van der Waals surface area contributed by atoms with Crippen molar-refractivity contribution in [2.24, 2.45) is 0 Å². The van der Waals surface area contributed by atoms with E-state index in [1.807, 2.05) is 72.8 Å². The highest BCUT2D eigenvalue weighted by Gasteiger charge is 2.24. The number of hydrogen-bond donors (Lipinski definition) is 2. The summed E-state index contributed by atoms with van der Waals surface area (Å²) in [5.41, 5.74) is 7.18. The first kappa shape index (κ1) is 30.1. The molecule has 0 amide bonds. The van der Waals surface area contributed by atoms with Crippen LogP contribution in [-0.2, 0) is 6.54 Å². The fourth-order valence-electron chi connectivity index (χ4n) is 4.40. The van der Waals surface area contributed by atoms with Crippen LogP contribution >= 0.6 is 0 Å². The van der Waals surface area contributed by atoms with Crippen molar-refractivity contribution < 1.29 is 53.2 Å². The van der Waals surface area contributed by atoms with Crippen LogP contribution in [0.5, 0.6) is 0 Å². The Kier molecular flexibility index (Phi) is 9.43. The summed E-state index contributed by atoms with van der Waals surface area (Å²) in [7, 11) is -4.94. The zero-order valence-electron chi connectivity index (χ0n) is 21.9. The number of carbonyl (C=O) groups is 2. The molecule has 0 aliphatic heterocycles. The molecule has 4 aromatic carbocycles. The highest BCUT2D eigenvalue weighted by molar-refractivity contribution is 5.89. The lowest BCUT2D eigenvalue weighted by molar-refractivity contribution is -2.00. The lowest BCUT2D eigenvalue weighted by atomic mass is 9.97. The number of halogens is 1. The summed E-state index contributed by atoms with van der Waals surface area (Å²) < 4.78 is 36.2. The second-order valence-corrected chi connectivity index (χ2v) is 9.85. The maximum Gasteiger partial charge on any atom is 0.335 e. The number of hydrogen-bond acceptors (Lipinski definition) is 6. The smallest absolute Gasteiger partial charge is 0.335 e. The van der Waals surface area contributed by atoms with Crippen molar-refractivity contribution in [1.29, 1.82) is 0 Å². The largest absolute Gasteiger partial charge is 0.478 e. The molecule has 2 N–H and O–H groups in total. The fourth-order valence-corrected chi connectivity index (χ4v) is 4.40. The van der Waals surface area contributed by atoms with Crippen LogP contribution in [0, 0.1) is 10.2 Å². The maximum atomic E-state index is 11.5. The molecule has 0 saturated carbocycles. The first-order valence-corrected chi connectivity index (χ1v) is 13.7. The van der Waals surface area contributed by atoms with E-state index in [0.717, 1.165) is 39.2 Å². The van der Waals surface area contributed by atoms with Gasteiger partial charge >= 0.3 is 11.9 Å². The third kappa shape index (κ3) is 8.07. The summed E-state index contributed by atoms with van der Waals surface area (Å²) in [6.45, 7) is 0.571. The summed E-state index contributed by atoms with van der Waals surface area (Å²) in [4.78, 5) is 22.9. The van der Waals surface area contributed by atoms with E-state index in [1.165, 1.54) is 0 Å². The van der Waals surface area contributed by atoms with Crippen LogP contribution in [0.15, 0.2) is 121 Å². The monoisotopic (exact) mass is 585 g/mol. The number of aromatic nitrogens is 1. The van der Waals surface area contributed by atoms with Gasteiger partial charge in [-0.25, -0.2) is 28.2 Å². The lowest BCUT2D eigenvalue weighted by Gasteiger charge is -2.17. The minimum absolute atomic E-state index is 0.224. The molecule has 0 unspecified atom stereocenters. The van der Waals surface area contributed by atoms with E-state index in [0.29, 0.717) is 6.54 Å². The first-order valence-electron chi connectivity index (χ1n) is 12.5. The Hall–Kier alpha value is -4.90. The highest BCUT2D eigenvalue weighted by Crippen LogP contribution is 2.30. The van der Waals surface area contributed by atoms with Crippen LogP contribution < -0.4 is 23.2 Å². The molecule has 0 aliphatic rings. The van der Waals surface area contributed by atoms with Crippen LogP contribution in [-0.4, -0.2) is 22.2 Å². The fraction of sp³-hybridized carbons (Fsp3) is 0.0312. The molecule has 212 valence electrons. The maximum absolute atomic E-state index is 11.5. The van der Waals surface area contributed by atoms with Gasteiger partial charge in [-0.3, -0.25) is 0 Å². The number of aromatic carboxylic acids is 2. The summed E-state index contributed by atoms with van der Waals surface area (Å²) >= 11 is 0. The molecule has 5 rings (SSSR count). The molecule has 0 aliphatic carbocycles. The van der Waals surface area contributed by atoms with Gasteiger partial charge in [0.1, 0.15) is 0 Å². The Bertz CT molecular complexity index is 1580. The number of rotatable bonds is 7. The molecule has 0 spiro atoms. The third-order valence-corrected chi connectivity index (χ3v) is 6.31. The number of carboxylic acid groups (broad SMARTS) is 2. The predicted molar refractivity (Wildman–Crippen MR) is 142 cm³/mol. The quantitative estimate of drug-likeness (QED) is 0.272. The average molecular weight is 586 g/mol. The van der Waals surface area contributed by atoms with Crippen LogP contribution in [0.25, 0.3) is 33.6 Å². The Balaban J connectivity index is 0.000000748. The van der Waals surface area contributed by atoms with Gasteiger partial charge in [-0.1, -0.05) is 60.7 Å². The first-order chi connectivity index (χ1) is 20.0. The SMILES string of the molecule is O=C(O)c1ccc(-c2cc(-c3ccccc3)cc(-c3ccc(C(=O)O)cc3)[n+]2Cc2ccccc2)cc1.[O-][Cl+3]([O-])([O-])[O-]. The van der Waals surface area contributed by atoms with Gasteiger partial charge in [0, 0.05) is 28.8 Å². The summed E-state index contributed by atoms with van der Waals surface area (Å²) in [6.07, 6.45) is 0. The normalized spacial score (nSPS) is 10.9. The molecule has 0 fully saturated rings. The third-order valence-electron chi connectivity index (χ3n) is 6.31. The van der Waals surface area contributed by atoms with Crippen LogP contribution in [0.3, 0.4) is 0 Å². The van der Waals surface area contributed by atoms with Crippen molar-refractivity contribution in [3.63, 3.8) is 0 Å². The molecule has 1 aromatic heterocycles. The van der Waals surface area contributed by atoms with E-state index in [9.17, 15) is 19.8 Å². The van der Waals surface area contributed by atoms with Crippen LogP contribution in [0.4, 0.5) is 0 Å². The number of nitrogens with zero attached hydrogens (tertiary/aromatic N) is 1. The Morgan fingerprint density at radius 3 is 1.31 bits per heavy atom. The minimum Gasteiger partial charge on any atom is -0.478 e. The van der Waals surface area contributed by atoms with Gasteiger partial charge in [-0.15, -0.1) is 10.2 Å². The number of benzene rings is 4. The zero-order chi connectivity index (χ0) is 30.3. The average Bonchev–Trinajstić information content (AvgIpc) is 2.97. The van der Waals surface area contributed by atoms with Crippen LogP contribution in [0.2, 0.25) is 0 Å². The van der Waals surface area contributed by atoms with Crippen molar-refractivity contribution in [2.75, 3.05) is 0 Å². The Labute approximate surface area is 243 Å². The lowest BCUT2D eigenvalue weighted by Crippen LogP contribution is -2.68. The molecule has 42 heavy (non-hydrogen) atoms. The van der Waals surface area contributed by atoms with Crippen molar-refractivity contribution in [1.82, 2.24) is 0 Å². The summed E-state index contributed by atoms with van der Waals surface area (Å²) in [5, 5.41) is 18.8. The molecular formula is C32H24ClNO8. The van der Waals surface area contributed by atoms with E-state index in [4.69, 9.17) is 18.6 Å². The van der Waals surface area contributed by atoms with Gasteiger partial charge in [-0.05, 0) is 59.7 Å². The molecule has 1 heterocycles. The van der Waals surface area contributed by atoms with Gasteiger partial charge < -0.3 is 10.2 Å². The standard InChI is InChI=1S/C32H23NO4.ClHO4/c34-31(35)26-15-11-24(12-16-26)29-19-28(23-9-5-2-6-10-23)20-30(25-13-17-27(18-14-25)32(36)37)33(29)21-22-7-3-1-4-8-22;2-1(3,4)5/h1-20H,21H2,(H-,34,35,36,37);(H,2,3,4,5). The molecule has 0 radical (unpaired) electrons. The molecule has 0 bridgehead atoms. The number of carboxylic acids is 2. The second kappa shape index (κ2) is 13.2. The molecule has 10 heteroatoms. The highest BCUT2D eigenvalue weighted by atomic mass is 35.7. The van der Waals surface area contributed by atoms with E-state index < -0.39 is 22.2 Å². The molecule has 9 nitrogen and oxygen atoms in total. The van der Waals surface area contributed by atoms with Crippen molar-refractivity contribution >= 4 is 11.9 Å². The molecule has 0 saturated heterocycles. The molecule has 5 aromatic rings. The predicted octanol–water partition coefficient (Wildman–Crippen LogP) is 1.66. The number of pyridine rings is 1. The second-order valence-electron chi connectivity index (χ2n) is 9.10. The molecular weight excluding hydrogens is 562 g/mol. The van der Waals surface area contributed by atoms with Crippen molar-refractivity contribution in [3.8, 4) is 33.6 Å². The van der Waals surface area contributed by atoms with Gasteiger partial charge in [0.15, 0.2) is 6.54 Å². The summed E-state index contributed by atoms with van der Waals surface area (Å²) in [5.74, 6) is -1.94. The zero-order valence-corrected chi connectivity index (χ0v) is 22.7. The summed E-state index contributed by atoms with van der Waals surface area (Å²) in [6, 6.07) is 38.1. The van der Waals surface area contributed by atoms with Gasteiger partial charge in [-0.2, -0.15) is 4.57 Å². The Morgan fingerprint density at radius 2 is 0.929 bits per heavy atom. The van der Waals surface area contributed by atoms with E-state index >= 15 is 0 Å². The minimum atomic E-state index is -4.94. The van der Waals surface area contributed by atoms with Gasteiger partial charge in [0.25, 0.3) is 0 Å². The van der Waals surface area contributed by atoms with Gasteiger partial charge in [0.2, 0.25) is 11.4 Å². The van der Waals surface area contributed by atoms with E-state index in [-0.39, 0.29) is 11.1 Å². The Morgan fingerprint density at radius 1 is 0.548 bits per heavy atom. The van der Waals surface area contributed by atoms with Gasteiger partial charge in [0.05, 0.1) is 11.1 Å². The van der Waals surface area contributed by atoms with E-state index in [2.05, 4.69) is 28.8 Å². The van der Waals surface area contributed by atoms with Crippen molar-refractivity contribution in [3.05, 3.63) is 138 Å². The molecule has 0 atom stereocenters. The van der Waals surface area contributed by atoms with E-state index in [1.54, 1.807) is 24.3 Å².